The molecule has 33 heavy (non-hydrogen) atoms. The van der Waals surface area contributed by atoms with Crippen molar-refractivity contribution >= 4 is 23.4 Å². The number of aromatic nitrogens is 2. The number of nitrogens with zero attached hydrogens (tertiary/aromatic N) is 3. The van der Waals surface area contributed by atoms with E-state index in [4.69, 9.17) is 4.74 Å². The zero-order valence-corrected chi connectivity index (χ0v) is 18.0. The molecule has 0 N–H and O–H groups in total. The van der Waals surface area contributed by atoms with Crippen molar-refractivity contribution in [3.8, 4) is 0 Å². The van der Waals surface area contributed by atoms with Crippen LogP contribution in [0, 0.1) is 6.92 Å². The lowest BCUT2D eigenvalue weighted by atomic mass is 10.0. The van der Waals surface area contributed by atoms with Crippen LogP contribution in [-0.2, 0) is 22.6 Å². The maximum Gasteiger partial charge on any atom is 0.330 e. The van der Waals surface area contributed by atoms with E-state index in [0.717, 1.165) is 21.7 Å². The number of fused-ring (bicyclic) bond motifs is 2. The lowest BCUT2D eigenvalue weighted by molar-refractivity contribution is -0.149. The predicted octanol–water partition coefficient (Wildman–Crippen LogP) is 3.59. The molecule has 164 valence electrons. The van der Waals surface area contributed by atoms with E-state index < -0.39 is 23.8 Å². The van der Waals surface area contributed by atoms with Crippen LogP contribution >= 0.6 is 0 Å². The van der Waals surface area contributed by atoms with Crippen molar-refractivity contribution in [2.75, 3.05) is 0 Å². The van der Waals surface area contributed by atoms with Crippen molar-refractivity contribution in [3.63, 3.8) is 0 Å². The number of imide groups is 1. The van der Waals surface area contributed by atoms with Crippen LogP contribution < -0.4 is 0 Å². The summed E-state index contributed by atoms with van der Waals surface area (Å²) >= 11 is 0. The number of rotatable bonds is 6. The van der Waals surface area contributed by atoms with Crippen LogP contribution in [-0.4, -0.2) is 38.1 Å². The Balaban J connectivity index is 1.41. The summed E-state index contributed by atoms with van der Waals surface area (Å²) in [6.07, 6.45) is 3.83. The van der Waals surface area contributed by atoms with E-state index in [0.29, 0.717) is 16.8 Å². The lowest BCUT2D eigenvalue weighted by Gasteiger charge is -2.24. The summed E-state index contributed by atoms with van der Waals surface area (Å²) in [4.78, 5) is 44.9. The number of amides is 2. The summed E-state index contributed by atoms with van der Waals surface area (Å²) < 4.78 is 7.44. The second-order valence-corrected chi connectivity index (χ2v) is 7.99. The van der Waals surface area contributed by atoms with E-state index in [1.54, 1.807) is 30.5 Å². The topological polar surface area (TPSA) is 81.0 Å². The van der Waals surface area contributed by atoms with Gasteiger partial charge in [0.2, 0.25) is 0 Å². The van der Waals surface area contributed by atoms with Gasteiger partial charge in [-0.1, -0.05) is 48.5 Å². The van der Waals surface area contributed by atoms with Gasteiger partial charge in [-0.05, 0) is 36.2 Å². The summed E-state index contributed by atoms with van der Waals surface area (Å²) in [6, 6.07) is 18.6. The van der Waals surface area contributed by atoms with Crippen LogP contribution in [0.25, 0.3) is 5.65 Å². The van der Waals surface area contributed by atoms with Gasteiger partial charge in [0, 0.05) is 18.8 Å². The predicted molar refractivity (Wildman–Crippen MR) is 121 cm³/mol. The van der Waals surface area contributed by atoms with Gasteiger partial charge in [0.25, 0.3) is 11.8 Å². The molecule has 0 bridgehead atoms. The smallest absolute Gasteiger partial charge is 0.330 e. The molecule has 0 aliphatic carbocycles. The number of hydrogen-bond donors (Lipinski definition) is 0. The van der Waals surface area contributed by atoms with Gasteiger partial charge in [0.1, 0.15) is 18.3 Å². The fourth-order valence-corrected chi connectivity index (χ4v) is 4.12. The first kappa shape index (κ1) is 20.6. The lowest BCUT2D eigenvalue weighted by Crippen LogP contribution is -2.47. The Kier molecular flexibility index (Phi) is 5.22. The molecule has 2 aromatic heterocycles. The quantitative estimate of drug-likeness (QED) is 0.339. The SMILES string of the molecule is Cc1cccn2cc(COC(=O)[C@@H](Cc3ccccc3)N3C(=O)c4ccccc4C3=O)nc12. The molecule has 3 heterocycles. The minimum Gasteiger partial charge on any atom is -0.458 e. The Hall–Kier alpha value is -4.26. The van der Waals surface area contributed by atoms with Crippen LogP contribution in [0.3, 0.4) is 0 Å². The molecule has 0 radical (unpaired) electrons. The third-order valence-corrected chi connectivity index (χ3v) is 5.77. The number of ether oxygens (including phenoxy) is 1. The number of benzene rings is 2. The van der Waals surface area contributed by atoms with Gasteiger partial charge in [0.15, 0.2) is 0 Å². The van der Waals surface area contributed by atoms with E-state index in [-0.39, 0.29) is 13.0 Å². The zero-order valence-electron chi connectivity index (χ0n) is 18.0. The van der Waals surface area contributed by atoms with E-state index in [1.165, 1.54) is 0 Å². The number of aryl methyl sites for hydroxylation is 1. The standard InChI is InChI=1S/C26H21N3O4/c1-17-8-7-13-28-15-19(27-23(17)28)16-33-26(32)22(14-18-9-3-2-4-10-18)29-24(30)20-11-5-6-12-21(20)25(29)31/h2-13,15,22H,14,16H2,1H3/t22-/m1/s1. The van der Waals surface area contributed by atoms with E-state index in [9.17, 15) is 14.4 Å². The molecule has 4 aromatic rings. The number of hydrogen-bond acceptors (Lipinski definition) is 5. The molecule has 7 nitrogen and oxygen atoms in total. The Morgan fingerprint density at radius 1 is 0.939 bits per heavy atom. The number of carbonyl (C=O) groups is 3. The Morgan fingerprint density at radius 3 is 2.27 bits per heavy atom. The van der Waals surface area contributed by atoms with Crippen LogP contribution in [0.15, 0.2) is 79.1 Å². The van der Waals surface area contributed by atoms with Crippen LogP contribution in [0.2, 0.25) is 0 Å². The maximum atomic E-state index is 13.2. The Bertz CT molecular complexity index is 1340. The molecule has 0 spiro atoms. The average Bonchev–Trinajstić information content (AvgIpc) is 3.37. The minimum absolute atomic E-state index is 0.0611. The highest BCUT2D eigenvalue weighted by Gasteiger charge is 2.43. The van der Waals surface area contributed by atoms with Crippen LogP contribution in [0.4, 0.5) is 0 Å². The highest BCUT2D eigenvalue weighted by Crippen LogP contribution is 2.26. The first-order valence-electron chi connectivity index (χ1n) is 10.6. The summed E-state index contributed by atoms with van der Waals surface area (Å²) in [5.41, 5.74) is 3.78. The Labute approximate surface area is 190 Å². The van der Waals surface area contributed by atoms with Crippen LogP contribution in [0.1, 0.15) is 37.5 Å². The summed E-state index contributed by atoms with van der Waals surface area (Å²) in [7, 11) is 0. The second kappa shape index (κ2) is 8.35. The molecule has 1 atom stereocenters. The van der Waals surface area contributed by atoms with Gasteiger partial charge in [-0.2, -0.15) is 0 Å². The van der Waals surface area contributed by atoms with Gasteiger partial charge < -0.3 is 9.14 Å². The molecule has 0 unspecified atom stereocenters. The third-order valence-electron chi connectivity index (χ3n) is 5.77. The highest BCUT2D eigenvalue weighted by atomic mass is 16.5. The molecule has 1 aliphatic rings. The van der Waals surface area contributed by atoms with E-state index in [1.807, 2.05) is 60.0 Å². The first-order chi connectivity index (χ1) is 16.0. The van der Waals surface area contributed by atoms with Gasteiger partial charge in [-0.3, -0.25) is 14.5 Å². The Morgan fingerprint density at radius 2 is 1.61 bits per heavy atom. The molecule has 2 aromatic carbocycles. The van der Waals surface area contributed by atoms with Crippen molar-refractivity contribution in [2.24, 2.45) is 0 Å². The molecule has 0 saturated heterocycles. The maximum absolute atomic E-state index is 13.2. The van der Waals surface area contributed by atoms with Gasteiger partial charge in [-0.25, -0.2) is 9.78 Å². The fraction of sp³-hybridized carbons (Fsp3) is 0.154. The van der Waals surface area contributed by atoms with Gasteiger partial charge in [0.05, 0.1) is 16.8 Å². The monoisotopic (exact) mass is 439 g/mol. The first-order valence-corrected chi connectivity index (χ1v) is 10.6. The molecular formula is C26H21N3O4. The third kappa shape index (κ3) is 3.78. The summed E-state index contributed by atoms with van der Waals surface area (Å²) in [6.45, 7) is 1.89. The fourth-order valence-electron chi connectivity index (χ4n) is 4.12. The number of imidazole rings is 1. The molecule has 5 rings (SSSR count). The minimum atomic E-state index is -1.08. The van der Waals surface area contributed by atoms with E-state index >= 15 is 0 Å². The van der Waals surface area contributed by atoms with Crippen molar-refractivity contribution in [1.29, 1.82) is 0 Å². The molecule has 0 saturated carbocycles. The molecule has 0 fully saturated rings. The summed E-state index contributed by atoms with van der Waals surface area (Å²) in [5.74, 6) is -1.63. The second-order valence-electron chi connectivity index (χ2n) is 7.99. The van der Waals surface area contributed by atoms with Crippen molar-refractivity contribution in [3.05, 3.63) is 107 Å². The van der Waals surface area contributed by atoms with Crippen molar-refractivity contribution in [2.45, 2.75) is 26.0 Å². The largest absolute Gasteiger partial charge is 0.458 e. The molecule has 1 aliphatic heterocycles. The molecule has 2 amide bonds. The average molecular weight is 439 g/mol. The molecule has 7 heteroatoms. The van der Waals surface area contributed by atoms with Crippen molar-refractivity contribution in [1.82, 2.24) is 14.3 Å². The number of esters is 1. The zero-order chi connectivity index (χ0) is 22.9. The number of pyridine rings is 1. The van der Waals surface area contributed by atoms with Crippen molar-refractivity contribution < 1.29 is 19.1 Å². The van der Waals surface area contributed by atoms with Gasteiger partial charge in [-0.15, -0.1) is 0 Å². The molecular weight excluding hydrogens is 418 g/mol. The highest BCUT2D eigenvalue weighted by molar-refractivity contribution is 6.22. The van der Waals surface area contributed by atoms with Crippen LogP contribution in [0.5, 0.6) is 0 Å². The van der Waals surface area contributed by atoms with Gasteiger partial charge >= 0.3 is 5.97 Å². The summed E-state index contributed by atoms with van der Waals surface area (Å²) in [5, 5.41) is 0. The normalized spacial score (nSPS) is 13.9. The number of carbonyl (C=O) groups excluding carboxylic acids is 3. The van der Waals surface area contributed by atoms with E-state index in [2.05, 4.69) is 4.98 Å².